The van der Waals surface area contributed by atoms with Crippen LogP contribution in [-0.4, -0.2) is 32.4 Å². The highest BCUT2D eigenvalue weighted by Crippen LogP contribution is 2.24. The van der Waals surface area contributed by atoms with Gasteiger partial charge in [-0.2, -0.15) is 5.10 Å². The molecule has 2 N–H and O–H groups in total. The standard InChI is InChI=1S/C16H17FN4O/c1-2-13(10-22)19-15-7-8-21-16(20-15)14(9-18-21)11-3-5-12(17)6-4-11/h3-9,13,22H,2,10H2,1H3,(H,19,20). The van der Waals surface area contributed by atoms with E-state index in [-0.39, 0.29) is 18.5 Å². The normalized spacial score (nSPS) is 12.5. The number of nitrogens with zero attached hydrogens (tertiary/aromatic N) is 3. The van der Waals surface area contributed by atoms with Gasteiger partial charge in [-0.1, -0.05) is 19.1 Å². The molecule has 0 saturated heterocycles. The maximum absolute atomic E-state index is 13.1. The lowest BCUT2D eigenvalue weighted by atomic mass is 10.1. The molecular formula is C16H17FN4O. The molecule has 0 fully saturated rings. The maximum Gasteiger partial charge on any atom is 0.165 e. The number of aromatic nitrogens is 3. The third-order valence-electron chi connectivity index (χ3n) is 3.59. The largest absolute Gasteiger partial charge is 0.394 e. The summed E-state index contributed by atoms with van der Waals surface area (Å²) in [5, 5.41) is 16.7. The fraction of sp³-hybridized carbons (Fsp3) is 0.250. The van der Waals surface area contributed by atoms with Gasteiger partial charge in [-0.05, 0) is 30.2 Å². The van der Waals surface area contributed by atoms with Gasteiger partial charge in [-0.3, -0.25) is 0 Å². The molecule has 0 saturated carbocycles. The van der Waals surface area contributed by atoms with E-state index in [2.05, 4.69) is 15.4 Å². The zero-order valence-corrected chi connectivity index (χ0v) is 12.2. The van der Waals surface area contributed by atoms with Gasteiger partial charge in [0.1, 0.15) is 11.6 Å². The molecule has 2 aromatic heterocycles. The zero-order chi connectivity index (χ0) is 15.5. The number of benzene rings is 1. The molecule has 5 nitrogen and oxygen atoms in total. The molecule has 22 heavy (non-hydrogen) atoms. The Balaban J connectivity index is 2.00. The van der Waals surface area contributed by atoms with E-state index < -0.39 is 0 Å². The summed E-state index contributed by atoms with van der Waals surface area (Å²) in [6.07, 6.45) is 4.32. The highest BCUT2D eigenvalue weighted by molar-refractivity contribution is 5.77. The first-order chi connectivity index (χ1) is 10.7. The summed E-state index contributed by atoms with van der Waals surface area (Å²) in [4.78, 5) is 4.55. The average Bonchev–Trinajstić information content (AvgIpc) is 2.96. The summed E-state index contributed by atoms with van der Waals surface area (Å²) in [6.45, 7) is 2.04. The van der Waals surface area contributed by atoms with Crippen molar-refractivity contribution < 1.29 is 9.50 Å². The third-order valence-corrected chi connectivity index (χ3v) is 3.59. The molecule has 0 amide bonds. The minimum absolute atomic E-state index is 0.0351. The number of aliphatic hydroxyl groups is 1. The SMILES string of the molecule is CCC(CO)Nc1ccn2ncc(-c3ccc(F)cc3)c2n1. The van der Waals surface area contributed by atoms with Gasteiger partial charge in [-0.15, -0.1) is 0 Å². The van der Waals surface area contributed by atoms with Crippen LogP contribution in [0.1, 0.15) is 13.3 Å². The van der Waals surface area contributed by atoms with E-state index in [1.54, 1.807) is 22.8 Å². The minimum Gasteiger partial charge on any atom is -0.394 e. The Morgan fingerprint density at radius 3 is 2.73 bits per heavy atom. The smallest absolute Gasteiger partial charge is 0.165 e. The number of hydrogen-bond donors (Lipinski definition) is 2. The molecule has 0 aliphatic carbocycles. The first-order valence-corrected chi connectivity index (χ1v) is 7.19. The van der Waals surface area contributed by atoms with E-state index in [1.807, 2.05) is 19.2 Å². The van der Waals surface area contributed by atoms with Crippen molar-refractivity contribution in [3.63, 3.8) is 0 Å². The maximum atomic E-state index is 13.1. The Hall–Kier alpha value is -2.47. The quantitative estimate of drug-likeness (QED) is 0.760. The highest BCUT2D eigenvalue weighted by atomic mass is 19.1. The van der Waals surface area contributed by atoms with Crippen molar-refractivity contribution >= 4 is 11.5 Å². The van der Waals surface area contributed by atoms with Gasteiger partial charge in [0.05, 0.1) is 18.8 Å². The monoisotopic (exact) mass is 300 g/mol. The molecule has 3 aromatic rings. The van der Waals surface area contributed by atoms with Crippen LogP contribution in [-0.2, 0) is 0 Å². The van der Waals surface area contributed by atoms with Crippen LogP contribution >= 0.6 is 0 Å². The predicted molar refractivity (Wildman–Crippen MR) is 83.2 cm³/mol. The van der Waals surface area contributed by atoms with Crippen molar-refractivity contribution in [3.8, 4) is 11.1 Å². The summed E-state index contributed by atoms with van der Waals surface area (Å²) < 4.78 is 14.7. The third kappa shape index (κ3) is 2.78. The van der Waals surface area contributed by atoms with Gasteiger partial charge in [0.2, 0.25) is 0 Å². The number of hydrogen-bond acceptors (Lipinski definition) is 4. The molecule has 6 heteroatoms. The summed E-state index contributed by atoms with van der Waals surface area (Å²) >= 11 is 0. The van der Waals surface area contributed by atoms with E-state index in [0.717, 1.165) is 17.5 Å². The lowest BCUT2D eigenvalue weighted by molar-refractivity contribution is 0.271. The molecule has 2 heterocycles. The lowest BCUT2D eigenvalue weighted by Gasteiger charge is -2.14. The van der Waals surface area contributed by atoms with Gasteiger partial charge in [0, 0.05) is 11.8 Å². The number of aliphatic hydroxyl groups excluding tert-OH is 1. The topological polar surface area (TPSA) is 62.5 Å². The molecule has 0 aliphatic heterocycles. The van der Waals surface area contributed by atoms with E-state index in [0.29, 0.717) is 11.5 Å². The Morgan fingerprint density at radius 2 is 2.05 bits per heavy atom. The molecule has 3 rings (SSSR count). The van der Waals surface area contributed by atoms with E-state index in [1.165, 1.54) is 12.1 Å². The van der Waals surface area contributed by atoms with Gasteiger partial charge in [0.25, 0.3) is 0 Å². The summed E-state index contributed by atoms with van der Waals surface area (Å²) in [7, 11) is 0. The summed E-state index contributed by atoms with van der Waals surface area (Å²) in [6, 6.07) is 8.02. The zero-order valence-electron chi connectivity index (χ0n) is 12.2. The highest BCUT2D eigenvalue weighted by Gasteiger charge is 2.11. The molecular weight excluding hydrogens is 283 g/mol. The van der Waals surface area contributed by atoms with Crippen molar-refractivity contribution in [2.24, 2.45) is 0 Å². The molecule has 0 spiro atoms. The number of rotatable bonds is 5. The molecule has 114 valence electrons. The van der Waals surface area contributed by atoms with Gasteiger partial charge in [-0.25, -0.2) is 13.9 Å². The van der Waals surface area contributed by atoms with Crippen LogP contribution in [0.4, 0.5) is 10.2 Å². The van der Waals surface area contributed by atoms with Crippen LogP contribution in [0.25, 0.3) is 16.8 Å². The summed E-state index contributed by atoms with van der Waals surface area (Å²) in [5.74, 6) is 0.404. The van der Waals surface area contributed by atoms with Crippen molar-refractivity contribution in [2.75, 3.05) is 11.9 Å². The number of fused-ring (bicyclic) bond motifs is 1. The Kier molecular flexibility index (Phi) is 4.02. The van der Waals surface area contributed by atoms with Crippen molar-refractivity contribution in [2.45, 2.75) is 19.4 Å². The molecule has 0 aliphatic rings. The van der Waals surface area contributed by atoms with E-state index in [4.69, 9.17) is 0 Å². The lowest BCUT2D eigenvalue weighted by Crippen LogP contribution is -2.23. The van der Waals surface area contributed by atoms with Crippen molar-refractivity contribution in [3.05, 3.63) is 48.5 Å². The Labute approximate surface area is 127 Å². The second-order valence-corrected chi connectivity index (χ2v) is 5.08. The summed E-state index contributed by atoms with van der Waals surface area (Å²) in [5.41, 5.74) is 2.38. The van der Waals surface area contributed by atoms with Gasteiger partial charge < -0.3 is 10.4 Å². The van der Waals surface area contributed by atoms with Crippen LogP contribution in [0.15, 0.2) is 42.7 Å². The van der Waals surface area contributed by atoms with Crippen LogP contribution in [0.3, 0.4) is 0 Å². The molecule has 1 unspecified atom stereocenters. The molecule has 1 aromatic carbocycles. The fourth-order valence-corrected chi connectivity index (χ4v) is 2.27. The number of halogens is 1. The molecule has 0 bridgehead atoms. The van der Waals surface area contributed by atoms with Crippen LogP contribution in [0.5, 0.6) is 0 Å². The van der Waals surface area contributed by atoms with Crippen molar-refractivity contribution in [1.82, 2.24) is 14.6 Å². The van der Waals surface area contributed by atoms with E-state index in [9.17, 15) is 9.50 Å². The Bertz CT molecular complexity index is 765. The number of nitrogens with one attached hydrogen (secondary N) is 1. The molecule has 1 atom stereocenters. The van der Waals surface area contributed by atoms with Gasteiger partial charge >= 0.3 is 0 Å². The fourth-order valence-electron chi connectivity index (χ4n) is 2.27. The second kappa shape index (κ2) is 6.11. The predicted octanol–water partition coefficient (Wildman–Crippen LogP) is 2.72. The molecule has 0 radical (unpaired) electrons. The Morgan fingerprint density at radius 1 is 1.27 bits per heavy atom. The van der Waals surface area contributed by atoms with Crippen LogP contribution < -0.4 is 5.32 Å². The van der Waals surface area contributed by atoms with E-state index >= 15 is 0 Å². The average molecular weight is 300 g/mol. The van der Waals surface area contributed by atoms with Gasteiger partial charge in [0.15, 0.2) is 5.65 Å². The van der Waals surface area contributed by atoms with Crippen LogP contribution in [0, 0.1) is 5.82 Å². The first-order valence-electron chi connectivity index (χ1n) is 7.19. The van der Waals surface area contributed by atoms with Crippen molar-refractivity contribution in [1.29, 1.82) is 0 Å². The second-order valence-electron chi connectivity index (χ2n) is 5.08. The first kappa shape index (κ1) is 14.5. The van der Waals surface area contributed by atoms with Crippen LogP contribution in [0.2, 0.25) is 0 Å². The minimum atomic E-state index is -0.274. The number of anilines is 1.